The average molecular weight is 244 g/mol. The molecule has 6 nitrogen and oxygen atoms in total. The minimum atomic E-state index is -3.71. The fraction of sp³-hybridized carbons (Fsp3) is 0.556. The van der Waals surface area contributed by atoms with Crippen molar-refractivity contribution in [2.24, 2.45) is 10.3 Å². The van der Waals surface area contributed by atoms with Crippen molar-refractivity contribution in [3.63, 3.8) is 0 Å². The van der Waals surface area contributed by atoms with Crippen LogP contribution in [0.2, 0.25) is 0 Å². The third kappa shape index (κ3) is 2.08. The zero-order valence-electron chi connectivity index (χ0n) is 8.75. The molecule has 0 saturated heterocycles. The number of carboxylic acids is 1. The molecule has 1 saturated carbocycles. The molecule has 0 spiro atoms. The van der Waals surface area contributed by atoms with E-state index in [1.54, 1.807) is 0 Å². The Bertz CT molecular complexity index is 488. The highest BCUT2D eigenvalue weighted by Gasteiger charge is 2.32. The Kier molecular flexibility index (Phi) is 2.49. The normalized spacial score (nSPS) is 23.7. The third-order valence-electron chi connectivity index (χ3n) is 2.58. The van der Waals surface area contributed by atoms with Gasteiger partial charge in [0.1, 0.15) is 0 Å². The Labute approximate surface area is 93.5 Å². The third-order valence-corrected chi connectivity index (χ3v) is 3.93. The Morgan fingerprint density at radius 2 is 2.25 bits per heavy atom. The van der Waals surface area contributed by atoms with Gasteiger partial charge < -0.3 is 5.11 Å². The summed E-state index contributed by atoms with van der Waals surface area (Å²) < 4.78 is 27.7. The SMILES string of the molecule is CC1=NS(=O)(=O)N(CC2CC2)C=C1C(=O)O. The van der Waals surface area contributed by atoms with E-state index in [4.69, 9.17) is 5.11 Å². The topological polar surface area (TPSA) is 87.0 Å². The van der Waals surface area contributed by atoms with Gasteiger partial charge in [-0.05, 0) is 25.7 Å². The molecule has 2 rings (SSSR count). The molecular formula is C9H12N2O4S. The minimum Gasteiger partial charge on any atom is -0.478 e. The quantitative estimate of drug-likeness (QED) is 0.777. The monoisotopic (exact) mass is 244 g/mol. The zero-order valence-corrected chi connectivity index (χ0v) is 9.57. The first-order valence-electron chi connectivity index (χ1n) is 4.94. The van der Waals surface area contributed by atoms with Crippen LogP contribution in [0, 0.1) is 5.92 Å². The predicted octanol–water partition coefficient (Wildman–Crippen LogP) is 0.386. The highest BCUT2D eigenvalue weighted by molar-refractivity contribution is 7.88. The van der Waals surface area contributed by atoms with Gasteiger partial charge >= 0.3 is 16.2 Å². The molecule has 0 radical (unpaired) electrons. The fourth-order valence-corrected chi connectivity index (χ4v) is 2.68. The minimum absolute atomic E-state index is 0.0274. The Morgan fingerprint density at radius 1 is 1.62 bits per heavy atom. The van der Waals surface area contributed by atoms with Gasteiger partial charge in [0.25, 0.3) is 0 Å². The smallest absolute Gasteiger partial charge is 0.344 e. The summed E-state index contributed by atoms with van der Waals surface area (Å²) in [6, 6.07) is 0. The van der Waals surface area contributed by atoms with Gasteiger partial charge in [-0.1, -0.05) is 0 Å². The second kappa shape index (κ2) is 3.58. The standard InChI is InChI=1S/C9H12N2O4S/c1-6-8(9(12)13)5-11(4-7-2-3-7)16(14,15)10-6/h5,7H,2-4H2,1H3,(H,12,13). The van der Waals surface area contributed by atoms with E-state index >= 15 is 0 Å². The van der Waals surface area contributed by atoms with Crippen LogP contribution in [0.4, 0.5) is 0 Å². The van der Waals surface area contributed by atoms with Gasteiger partial charge in [-0.15, -0.1) is 4.40 Å². The first-order chi connectivity index (χ1) is 7.40. The van der Waals surface area contributed by atoms with Crippen molar-refractivity contribution >= 4 is 21.9 Å². The largest absolute Gasteiger partial charge is 0.478 e. The number of nitrogens with zero attached hydrogens (tertiary/aromatic N) is 2. The Hall–Kier alpha value is -1.37. The van der Waals surface area contributed by atoms with E-state index in [2.05, 4.69) is 4.40 Å². The molecular weight excluding hydrogens is 232 g/mol. The van der Waals surface area contributed by atoms with Crippen molar-refractivity contribution in [1.82, 2.24) is 4.31 Å². The second-order valence-electron chi connectivity index (χ2n) is 4.02. The van der Waals surface area contributed by atoms with Crippen molar-refractivity contribution in [3.8, 4) is 0 Å². The molecule has 1 N–H and O–H groups in total. The number of carbonyl (C=O) groups is 1. The van der Waals surface area contributed by atoms with Crippen molar-refractivity contribution in [2.45, 2.75) is 19.8 Å². The molecule has 7 heteroatoms. The second-order valence-corrected chi connectivity index (χ2v) is 5.56. The van der Waals surface area contributed by atoms with Gasteiger partial charge in [0.15, 0.2) is 0 Å². The molecule has 1 aliphatic heterocycles. The van der Waals surface area contributed by atoms with Gasteiger partial charge in [-0.25, -0.2) is 4.79 Å². The summed E-state index contributed by atoms with van der Waals surface area (Å²) in [6.07, 6.45) is 3.15. The lowest BCUT2D eigenvalue weighted by Gasteiger charge is -2.22. The van der Waals surface area contributed by atoms with Crippen LogP contribution < -0.4 is 0 Å². The molecule has 1 fully saturated rings. The Balaban J connectivity index is 2.32. The molecule has 1 heterocycles. The average Bonchev–Trinajstić information content (AvgIpc) is 2.91. The summed E-state index contributed by atoms with van der Waals surface area (Å²) in [4.78, 5) is 10.9. The van der Waals surface area contributed by atoms with E-state index in [-0.39, 0.29) is 11.3 Å². The van der Waals surface area contributed by atoms with E-state index in [1.165, 1.54) is 13.1 Å². The molecule has 0 aromatic rings. The molecule has 0 aromatic heterocycles. The van der Waals surface area contributed by atoms with Gasteiger partial charge in [-0.2, -0.15) is 8.42 Å². The first-order valence-corrected chi connectivity index (χ1v) is 6.33. The summed E-state index contributed by atoms with van der Waals surface area (Å²) in [7, 11) is -3.71. The molecule has 1 aliphatic carbocycles. The molecule has 0 amide bonds. The maximum Gasteiger partial charge on any atom is 0.344 e. The lowest BCUT2D eigenvalue weighted by atomic mass is 10.2. The van der Waals surface area contributed by atoms with Crippen LogP contribution in [0.1, 0.15) is 19.8 Å². The number of rotatable bonds is 3. The van der Waals surface area contributed by atoms with Crippen LogP contribution in [-0.2, 0) is 15.0 Å². The maximum atomic E-state index is 11.6. The summed E-state index contributed by atoms with van der Waals surface area (Å²) in [5.74, 6) is -0.813. The summed E-state index contributed by atoms with van der Waals surface area (Å²) >= 11 is 0. The van der Waals surface area contributed by atoms with Crippen molar-refractivity contribution in [3.05, 3.63) is 11.8 Å². The number of carboxylic acid groups (broad SMARTS) is 1. The fourth-order valence-electron chi connectivity index (χ4n) is 1.49. The molecule has 0 aromatic carbocycles. The summed E-state index contributed by atoms with van der Waals surface area (Å²) in [6.45, 7) is 1.71. The van der Waals surface area contributed by atoms with Crippen LogP contribution in [0.5, 0.6) is 0 Å². The molecule has 0 atom stereocenters. The highest BCUT2D eigenvalue weighted by Crippen LogP contribution is 2.32. The molecule has 88 valence electrons. The van der Waals surface area contributed by atoms with E-state index < -0.39 is 16.2 Å². The van der Waals surface area contributed by atoms with Crippen LogP contribution in [0.15, 0.2) is 16.2 Å². The Morgan fingerprint density at radius 3 is 2.75 bits per heavy atom. The first kappa shape index (κ1) is 11.1. The molecule has 16 heavy (non-hydrogen) atoms. The number of hydrogen-bond donors (Lipinski definition) is 1. The molecule has 2 aliphatic rings. The van der Waals surface area contributed by atoms with Gasteiger partial charge in [0, 0.05) is 12.7 Å². The van der Waals surface area contributed by atoms with Gasteiger partial charge in [0.05, 0.1) is 11.3 Å². The summed E-state index contributed by atoms with van der Waals surface area (Å²) in [5, 5.41) is 8.88. The van der Waals surface area contributed by atoms with Crippen LogP contribution in [0.25, 0.3) is 0 Å². The van der Waals surface area contributed by atoms with Gasteiger partial charge in [0.2, 0.25) is 0 Å². The number of aliphatic carboxylic acids is 1. The van der Waals surface area contributed by atoms with E-state index in [9.17, 15) is 13.2 Å². The van der Waals surface area contributed by atoms with Crippen molar-refractivity contribution in [1.29, 1.82) is 0 Å². The highest BCUT2D eigenvalue weighted by atomic mass is 32.2. The summed E-state index contributed by atoms with van der Waals surface area (Å²) in [5.41, 5.74) is -0.0324. The predicted molar refractivity (Wildman–Crippen MR) is 57.2 cm³/mol. The zero-order chi connectivity index (χ0) is 11.9. The van der Waals surface area contributed by atoms with E-state index in [0.29, 0.717) is 12.5 Å². The van der Waals surface area contributed by atoms with Crippen molar-refractivity contribution in [2.75, 3.05) is 6.54 Å². The lowest BCUT2D eigenvalue weighted by Crippen LogP contribution is -2.32. The molecule has 0 unspecified atom stereocenters. The van der Waals surface area contributed by atoms with Crippen LogP contribution in [0.3, 0.4) is 0 Å². The van der Waals surface area contributed by atoms with Gasteiger partial charge in [-0.3, -0.25) is 4.31 Å². The van der Waals surface area contributed by atoms with E-state index in [0.717, 1.165) is 17.1 Å². The van der Waals surface area contributed by atoms with E-state index in [1.807, 2.05) is 0 Å². The lowest BCUT2D eigenvalue weighted by molar-refractivity contribution is -0.132. The number of hydrogen-bond acceptors (Lipinski definition) is 3. The van der Waals surface area contributed by atoms with Crippen LogP contribution in [-0.4, -0.2) is 36.1 Å². The maximum absolute atomic E-state index is 11.6. The van der Waals surface area contributed by atoms with Crippen LogP contribution >= 0.6 is 0 Å². The molecule has 0 bridgehead atoms. The van der Waals surface area contributed by atoms with Crippen molar-refractivity contribution < 1.29 is 18.3 Å².